The molecule has 0 bridgehead atoms. The van der Waals surface area contributed by atoms with Crippen LogP contribution in [-0.2, 0) is 4.74 Å². The van der Waals surface area contributed by atoms with Gasteiger partial charge in [0.1, 0.15) is 0 Å². The zero-order valence-electron chi connectivity index (χ0n) is 13.3. The first-order valence-corrected chi connectivity index (χ1v) is 8.31. The highest BCUT2D eigenvalue weighted by Crippen LogP contribution is 2.39. The quantitative estimate of drug-likeness (QED) is 0.623. The number of aliphatic hydroxyl groups excluding tert-OH is 1. The standard InChI is InChI=1S/C17H34O2/c1-4-5-6-7-8-9-12-19-16-10-11-17(2,3)13-15(16)14-18/h15-16,18H,4-14H2,1-3H3/t15-,16-/m0/s1. The first-order valence-electron chi connectivity index (χ1n) is 8.31. The zero-order chi connectivity index (χ0) is 14.1. The van der Waals surface area contributed by atoms with Gasteiger partial charge in [-0.1, -0.05) is 52.9 Å². The lowest BCUT2D eigenvalue weighted by atomic mass is 9.71. The average molecular weight is 270 g/mol. The van der Waals surface area contributed by atoms with Crippen molar-refractivity contribution < 1.29 is 9.84 Å². The van der Waals surface area contributed by atoms with Crippen molar-refractivity contribution >= 4 is 0 Å². The normalized spacial score (nSPS) is 26.5. The van der Waals surface area contributed by atoms with Gasteiger partial charge in [0.25, 0.3) is 0 Å². The van der Waals surface area contributed by atoms with Gasteiger partial charge in [0, 0.05) is 19.1 Å². The summed E-state index contributed by atoms with van der Waals surface area (Å²) >= 11 is 0. The lowest BCUT2D eigenvalue weighted by Gasteiger charge is -2.39. The summed E-state index contributed by atoms with van der Waals surface area (Å²) in [7, 11) is 0. The van der Waals surface area contributed by atoms with E-state index in [1.165, 1.54) is 44.9 Å². The minimum Gasteiger partial charge on any atom is -0.396 e. The van der Waals surface area contributed by atoms with E-state index in [0.717, 1.165) is 19.4 Å². The summed E-state index contributed by atoms with van der Waals surface area (Å²) in [5, 5.41) is 9.51. The van der Waals surface area contributed by atoms with Gasteiger partial charge in [-0.15, -0.1) is 0 Å². The Kier molecular flexibility index (Phi) is 8.01. The fraction of sp³-hybridized carbons (Fsp3) is 1.00. The molecule has 1 N–H and O–H groups in total. The largest absolute Gasteiger partial charge is 0.396 e. The Bertz CT molecular complexity index is 225. The third kappa shape index (κ3) is 6.76. The summed E-state index contributed by atoms with van der Waals surface area (Å²) < 4.78 is 6.03. The number of hydrogen-bond donors (Lipinski definition) is 1. The summed E-state index contributed by atoms with van der Waals surface area (Å²) in [6.07, 6.45) is 11.6. The van der Waals surface area contributed by atoms with Gasteiger partial charge in [-0.05, 0) is 31.1 Å². The van der Waals surface area contributed by atoms with Gasteiger partial charge in [-0.3, -0.25) is 0 Å². The molecule has 0 aromatic carbocycles. The second-order valence-corrected chi connectivity index (χ2v) is 7.03. The van der Waals surface area contributed by atoms with Gasteiger partial charge < -0.3 is 9.84 Å². The fourth-order valence-electron chi connectivity index (χ4n) is 3.23. The van der Waals surface area contributed by atoms with Crippen LogP contribution in [0.25, 0.3) is 0 Å². The molecule has 114 valence electrons. The third-order valence-corrected chi connectivity index (χ3v) is 4.51. The number of rotatable bonds is 9. The molecule has 0 heterocycles. The van der Waals surface area contributed by atoms with Crippen LogP contribution in [0.2, 0.25) is 0 Å². The van der Waals surface area contributed by atoms with E-state index in [0.29, 0.717) is 17.4 Å². The maximum Gasteiger partial charge on any atom is 0.0625 e. The number of unbranched alkanes of at least 4 members (excludes halogenated alkanes) is 5. The Morgan fingerprint density at radius 2 is 1.79 bits per heavy atom. The highest BCUT2D eigenvalue weighted by Gasteiger charge is 2.34. The van der Waals surface area contributed by atoms with Crippen molar-refractivity contribution in [3.8, 4) is 0 Å². The van der Waals surface area contributed by atoms with Crippen LogP contribution in [0.4, 0.5) is 0 Å². The van der Waals surface area contributed by atoms with Crippen molar-refractivity contribution in [3.63, 3.8) is 0 Å². The van der Waals surface area contributed by atoms with Crippen molar-refractivity contribution in [3.05, 3.63) is 0 Å². The van der Waals surface area contributed by atoms with Crippen molar-refractivity contribution in [1.82, 2.24) is 0 Å². The van der Waals surface area contributed by atoms with E-state index in [2.05, 4.69) is 20.8 Å². The smallest absolute Gasteiger partial charge is 0.0625 e. The van der Waals surface area contributed by atoms with E-state index in [4.69, 9.17) is 4.74 Å². The molecule has 0 unspecified atom stereocenters. The summed E-state index contributed by atoms with van der Waals surface area (Å²) in [6.45, 7) is 8.03. The average Bonchev–Trinajstić information content (AvgIpc) is 2.38. The lowest BCUT2D eigenvalue weighted by molar-refractivity contribution is -0.0556. The maximum atomic E-state index is 9.51. The first-order chi connectivity index (χ1) is 9.09. The minimum atomic E-state index is 0.282. The Morgan fingerprint density at radius 1 is 1.11 bits per heavy atom. The van der Waals surface area contributed by atoms with Crippen LogP contribution in [0.1, 0.15) is 78.6 Å². The molecule has 1 aliphatic rings. The summed E-state index contributed by atoms with van der Waals surface area (Å²) in [5.74, 6) is 0.351. The predicted molar refractivity (Wildman–Crippen MR) is 81.3 cm³/mol. The molecule has 2 nitrogen and oxygen atoms in total. The number of aliphatic hydroxyl groups is 1. The number of hydrogen-bond acceptors (Lipinski definition) is 2. The Hall–Kier alpha value is -0.0800. The molecular formula is C17H34O2. The summed E-state index contributed by atoms with van der Waals surface area (Å²) in [5.41, 5.74) is 0.382. The lowest BCUT2D eigenvalue weighted by Crippen LogP contribution is -2.37. The van der Waals surface area contributed by atoms with Crippen molar-refractivity contribution in [2.45, 2.75) is 84.7 Å². The molecule has 2 atom stereocenters. The second-order valence-electron chi connectivity index (χ2n) is 7.03. The van der Waals surface area contributed by atoms with Crippen LogP contribution in [-0.4, -0.2) is 24.4 Å². The molecule has 0 aliphatic heterocycles. The van der Waals surface area contributed by atoms with Gasteiger partial charge in [0.05, 0.1) is 6.10 Å². The van der Waals surface area contributed by atoms with Crippen LogP contribution in [0, 0.1) is 11.3 Å². The second kappa shape index (κ2) is 8.97. The van der Waals surface area contributed by atoms with Gasteiger partial charge >= 0.3 is 0 Å². The van der Waals surface area contributed by atoms with Crippen LogP contribution in [0.15, 0.2) is 0 Å². The van der Waals surface area contributed by atoms with E-state index in [-0.39, 0.29) is 6.61 Å². The van der Waals surface area contributed by atoms with Crippen molar-refractivity contribution in [1.29, 1.82) is 0 Å². The van der Waals surface area contributed by atoms with Crippen LogP contribution in [0.3, 0.4) is 0 Å². The van der Waals surface area contributed by atoms with Crippen LogP contribution < -0.4 is 0 Å². The van der Waals surface area contributed by atoms with Crippen molar-refractivity contribution in [2.24, 2.45) is 11.3 Å². The van der Waals surface area contributed by atoms with Crippen LogP contribution in [0.5, 0.6) is 0 Å². The molecule has 1 aliphatic carbocycles. The van der Waals surface area contributed by atoms with E-state index in [1.54, 1.807) is 0 Å². The Balaban J connectivity index is 2.11. The molecule has 0 radical (unpaired) electrons. The van der Waals surface area contributed by atoms with E-state index in [1.807, 2.05) is 0 Å². The minimum absolute atomic E-state index is 0.282. The molecule has 0 spiro atoms. The van der Waals surface area contributed by atoms with Gasteiger partial charge in [-0.2, -0.15) is 0 Å². The molecule has 0 saturated heterocycles. The third-order valence-electron chi connectivity index (χ3n) is 4.51. The zero-order valence-corrected chi connectivity index (χ0v) is 13.3. The summed E-state index contributed by atoms with van der Waals surface area (Å²) in [4.78, 5) is 0. The predicted octanol–water partition coefficient (Wildman–Crippen LogP) is 4.55. The SMILES string of the molecule is CCCCCCCCO[C@H]1CCC(C)(C)C[C@H]1CO. The highest BCUT2D eigenvalue weighted by atomic mass is 16.5. The fourth-order valence-corrected chi connectivity index (χ4v) is 3.23. The van der Waals surface area contributed by atoms with Gasteiger partial charge in [0.15, 0.2) is 0 Å². The molecule has 19 heavy (non-hydrogen) atoms. The topological polar surface area (TPSA) is 29.5 Å². The van der Waals surface area contributed by atoms with Crippen molar-refractivity contribution in [2.75, 3.05) is 13.2 Å². The van der Waals surface area contributed by atoms with E-state index >= 15 is 0 Å². The monoisotopic (exact) mass is 270 g/mol. The molecule has 0 aromatic heterocycles. The molecule has 2 heteroatoms. The molecule has 0 amide bonds. The molecule has 1 rings (SSSR count). The van der Waals surface area contributed by atoms with Crippen LogP contribution >= 0.6 is 0 Å². The van der Waals surface area contributed by atoms with E-state index in [9.17, 15) is 5.11 Å². The Labute approximate surface area is 119 Å². The molecular weight excluding hydrogens is 236 g/mol. The molecule has 0 aromatic rings. The molecule has 1 saturated carbocycles. The highest BCUT2D eigenvalue weighted by molar-refractivity contribution is 4.85. The first kappa shape index (κ1) is 17.0. The maximum absolute atomic E-state index is 9.51. The number of ether oxygens (including phenoxy) is 1. The van der Waals surface area contributed by atoms with Gasteiger partial charge in [0.2, 0.25) is 0 Å². The molecule has 1 fully saturated rings. The summed E-state index contributed by atoms with van der Waals surface area (Å²) in [6, 6.07) is 0. The Morgan fingerprint density at radius 3 is 2.47 bits per heavy atom. The van der Waals surface area contributed by atoms with E-state index < -0.39 is 0 Å². The van der Waals surface area contributed by atoms with Gasteiger partial charge in [-0.25, -0.2) is 0 Å².